The maximum Gasteiger partial charge on any atom is 0.424 e. The Morgan fingerprint density at radius 3 is 1.57 bits per heavy atom. The van der Waals surface area contributed by atoms with Gasteiger partial charge in [-0.3, -0.25) is 0 Å². The van der Waals surface area contributed by atoms with Crippen LogP contribution in [0.5, 0.6) is 0 Å². The van der Waals surface area contributed by atoms with Crippen molar-refractivity contribution in [1.29, 1.82) is 0 Å². The third-order valence-corrected chi connectivity index (χ3v) is 2.32. The van der Waals surface area contributed by atoms with Gasteiger partial charge in [-0.05, 0) is 0 Å². The van der Waals surface area contributed by atoms with Crippen molar-refractivity contribution in [3.63, 3.8) is 0 Å². The summed E-state index contributed by atoms with van der Waals surface area (Å²) < 4.78 is 89.6. The van der Waals surface area contributed by atoms with E-state index in [2.05, 4.69) is 0 Å². The van der Waals surface area contributed by atoms with E-state index in [-0.39, 0.29) is 0 Å². The molecule has 0 aromatic heterocycles. The maximum atomic E-state index is 13.6. The lowest BCUT2D eigenvalue weighted by Crippen LogP contribution is -2.24. The Hall–Kier alpha value is -2.33. The molecular weight excluding hydrogens is 317 g/mol. The van der Waals surface area contributed by atoms with E-state index in [1.807, 2.05) is 0 Å². The fraction of sp³-hybridized carbons (Fsp3) is 0.200. The lowest BCUT2D eigenvalue weighted by atomic mass is 9.98. The Kier molecular flexibility index (Phi) is 4.16. The average Bonchev–Trinajstić information content (AvgIpc) is 2.31. The number of hydrogen-bond donors (Lipinski definition) is 2. The zero-order valence-electron chi connectivity index (χ0n) is 9.43. The van der Waals surface area contributed by atoms with Gasteiger partial charge in [0.05, 0.1) is 5.56 Å². The van der Waals surface area contributed by atoms with Crippen LogP contribution in [0.1, 0.15) is 32.5 Å². The van der Waals surface area contributed by atoms with Gasteiger partial charge in [0.15, 0.2) is 11.6 Å². The third-order valence-electron chi connectivity index (χ3n) is 2.32. The standard InChI is InChI=1S/C10H3F7O4/c11-4-1(8(18)19)2(9(20)21)5(12)6(13)3(4)7(14)10(15,16)17/h7H,(H,18,19)(H,20,21). The van der Waals surface area contributed by atoms with E-state index < -0.39 is 58.4 Å². The first-order valence-corrected chi connectivity index (χ1v) is 4.78. The number of carboxylic acid groups (broad SMARTS) is 2. The van der Waals surface area contributed by atoms with Gasteiger partial charge in [-0.25, -0.2) is 27.2 Å². The zero-order valence-corrected chi connectivity index (χ0v) is 9.43. The molecule has 0 heterocycles. The van der Waals surface area contributed by atoms with E-state index in [0.29, 0.717) is 0 Å². The van der Waals surface area contributed by atoms with Crippen molar-refractivity contribution in [3.05, 3.63) is 34.1 Å². The van der Waals surface area contributed by atoms with E-state index in [1.165, 1.54) is 0 Å². The van der Waals surface area contributed by atoms with Crippen LogP contribution >= 0.6 is 0 Å². The van der Waals surface area contributed by atoms with Crippen LogP contribution in [0.3, 0.4) is 0 Å². The van der Waals surface area contributed by atoms with Crippen molar-refractivity contribution in [2.45, 2.75) is 12.3 Å². The van der Waals surface area contributed by atoms with Gasteiger partial charge in [-0.2, -0.15) is 13.2 Å². The molecule has 0 spiro atoms. The summed E-state index contributed by atoms with van der Waals surface area (Å²) in [4.78, 5) is 21.2. The van der Waals surface area contributed by atoms with Crippen molar-refractivity contribution in [3.8, 4) is 0 Å². The number of rotatable bonds is 3. The molecule has 1 unspecified atom stereocenters. The average molecular weight is 320 g/mol. The molecule has 0 fully saturated rings. The summed E-state index contributed by atoms with van der Waals surface area (Å²) in [5, 5.41) is 17.0. The smallest absolute Gasteiger partial charge is 0.424 e. The largest absolute Gasteiger partial charge is 0.478 e. The van der Waals surface area contributed by atoms with Gasteiger partial charge < -0.3 is 10.2 Å². The summed E-state index contributed by atoms with van der Waals surface area (Å²) >= 11 is 0. The molecule has 0 saturated heterocycles. The summed E-state index contributed by atoms with van der Waals surface area (Å²) in [6.45, 7) is 0. The number of hydrogen-bond acceptors (Lipinski definition) is 2. The Labute approximate surface area is 110 Å². The topological polar surface area (TPSA) is 74.6 Å². The number of halogens is 7. The summed E-state index contributed by atoms with van der Waals surface area (Å²) in [5.41, 5.74) is -6.71. The van der Waals surface area contributed by atoms with E-state index in [9.17, 15) is 40.3 Å². The molecule has 0 amide bonds. The van der Waals surface area contributed by atoms with E-state index in [1.54, 1.807) is 0 Å². The van der Waals surface area contributed by atoms with Crippen molar-refractivity contribution in [1.82, 2.24) is 0 Å². The second-order valence-electron chi connectivity index (χ2n) is 3.62. The first-order chi connectivity index (χ1) is 9.41. The van der Waals surface area contributed by atoms with Gasteiger partial charge in [-0.15, -0.1) is 0 Å². The highest BCUT2D eigenvalue weighted by molar-refractivity contribution is 6.02. The molecule has 0 aliphatic rings. The molecule has 0 saturated carbocycles. The Morgan fingerprint density at radius 1 is 0.857 bits per heavy atom. The minimum atomic E-state index is -5.85. The molecule has 1 atom stereocenters. The van der Waals surface area contributed by atoms with Crippen LogP contribution in [0, 0.1) is 17.5 Å². The minimum Gasteiger partial charge on any atom is -0.478 e. The van der Waals surface area contributed by atoms with E-state index in [0.717, 1.165) is 0 Å². The highest BCUT2D eigenvalue weighted by Gasteiger charge is 2.47. The lowest BCUT2D eigenvalue weighted by molar-refractivity contribution is -0.184. The molecular formula is C10H3F7O4. The molecule has 0 radical (unpaired) electrons. The van der Waals surface area contributed by atoms with Crippen LogP contribution < -0.4 is 0 Å². The highest BCUT2D eigenvalue weighted by Crippen LogP contribution is 2.40. The van der Waals surface area contributed by atoms with Gasteiger partial charge >= 0.3 is 18.1 Å². The van der Waals surface area contributed by atoms with Gasteiger partial charge in [-0.1, -0.05) is 0 Å². The molecule has 0 aliphatic heterocycles. The van der Waals surface area contributed by atoms with Crippen LogP contribution in [0.4, 0.5) is 30.7 Å². The second-order valence-corrected chi connectivity index (χ2v) is 3.62. The maximum absolute atomic E-state index is 13.6. The van der Waals surface area contributed by atoms with Gasteiger partial charge in [0.25, 0.3) is 0 Å². The highest BCUT2D eigenvalue weighted by atomic mass is 19.4. The predicted molar refractivity (Wildman–Crippen MR) is 50.1 cm³/mol. The van der Waals surface area contributed by atoms with Crippen molar-refractivity contribution < 1.29 is 50.5 Å². The molecule has 2 N–H and O–H groups in total. The molecule has 0 bridgehead atoms. The van der Waals surface area contributed by atoms with Crippen LogP contribution in [0.15, 0.2) is 0 Å². The Bertz CT molecular complexity index is 623. The fourth-order valence-electron chi connectivity index (χ4n) is 1.47. The second kappa shape index (κ2) is 5.22. The third kappa shape index (κ3) is 2.76. The number of carbonyl (C=O) groups is 2. The van der Waals surface area contributed by atoms with Crippen LogP contribution in [-0.2, 0) is 0 Å². The summed E-state index contributed by atoms with van der Waals surface area (Å²) in [6.07, 6.45) is -10.2. The number of carboxylic acids is 2. The predicted octanol–water partition coefficient (Wildman–Crippen LogP) is 3.07. The van der Waals surface area contributed by atoms with Gasteiger partial charge in [0, 0.05) is 0 Å². The van der Waals surface area contributed by atoms with Crippen molar-refractivity contribution in [2.24, 2.45) is 0 Å². The normalized spacial score (nSPS) is 13.1. The van der Waals surface area contributed by atoms with E-state index in [4.69, 9.17) is 10.2 Å². The van der Waals surface area contributed by atoms with Gasteiger partial charge in [0.1, 0.15) is 16.9 Å². The first-order valence-electron chi connectivity index (χ1n) is 4.78. The molecule has 1 aromatic carbocycles. The molecule has 11 heteroatoms. The molecule has 0 aliphatic carbocycles. The monoisotopic (exact) mass is 320 g/mol. The fourth-order valence-corrected chi connectivity index (χ4v) is 1.47. The van der Waals surface area contributed by atoms with E-state index >= 15 is 0 Å². The summed E-state index contributed by atoms with van der Waals surface area (Å²) in [6, 6.07) is 0. The zero-order chi connectivity index (χ0) is 16.7. The molecule has 116 valence electrons. The van der Waals surface area contributed by atoms with Crippen LogP contribution in [-0.4, -0.2) is 28.3 Å². The SMILES string of the molecule is O=C(O)c1c(F)c(F)c(C(F)C(F)(F)F)c(F)c1C(=O)O. The van der Waals surface area contributed by atoms with Gasteiger partial charge in [0.2, 0.25) is 6.17 Å². The summed E-state index contributed by atoms with van der Waals surface area (Å²) in [5.74, 6) is -13.0. The minimum absolute atomic E-state index is 2.05. The number of benzene rings is 1. The summed E-state index contributed by atoms with van der Waals surface area (Å²) in [7, 11) is 0. The lowest BCUT2D eigenvalue weighted by Gasteiger charge is -2.17. The molecule has 1 aromatic rings. The number of aromatic carboxylic acids is 2. The van der Waals surface area contributed by atoms with Crippen LogP contribution in [0.2, 0.25) is 0 Å². The molecule has 4 nitrogen and oxygen atoms in total. The van der Waals surface area contributed by atoms with Crippen molar-refractivity contribution >= 4 is 11.9 Å². The molecule has 21 heavy (non-hydrogen) atoms. The number of alkyl halides is 4. The Balaban J connectivity index is 3.87. The Morgan fingerprint density at radius 2 is 1.24 bits per heavy atom. The van der Waals surface area contributed by atoms with Crippen molar-refractivity contribution in [2.75, 3.05) is 0 Å². The quantitative estimate of drug-likeness (QED) is 0.663. The first kappa shape index (κ1) is 16.7. The molecule has 1 rings (SSSR count). The van der Waals surface area contributed by atoms with Crippen LogP contribution in [0.25, 0.3) is 0 Å².